The molecule has 1 N–H and O–H groups in total. The first kappa shape index (κ1) is 13.3. The molecule has 0 fully saturated rings. The lowest BCUT2D eigenvalue weighted by Gasteiger charge is -2.17. The summed E-state index contributed by atoms with van der Waals surface area (Å²) in [6, 6.07) is 7.04. The summed E-state index contributed by atoms with van der Waals surface area (Å²) >= 11 is 0. The summed E-state index contributed by atoms with van der Waals surface area (Å²) in [4.78, 5) is 22.8. The molecule has 100 valence electrons. The number of carbonyl (C=O) groups is 2. The van der Waals surface area contributed by atoms with E-state index in [0.29, 0.717) is 18.6 Å². The van der Waals surface area contributed by atoms with E-state index in [9.17, 15) is 9.59 Å². The molecule has 1 aliphatic rings. The van der Waals surface area contributed by atoms with Crippen LogP contribution in [-0.4, -0.2) is 24.2 Å². The minimum Gasteiger partial charge on any atom is -0.462 e. The van der Waals surface area contributed by atoms with Crippen molar-refractivity contribution in [3.05, 3.63) is 35.4 Å². The van der Waals surface area contributed by atoms with Gasteiger partial charge in [0.1, 0.15) is 0 Å². The number of nitrogens with zero attached hydrogens (tertiary/aromatic N) is 1. The number of hydrogen-bond acceptors (Lipinski definition) is 4. The van der Waals surface area contributed by atoms with Gasteiger partial charge in [0.05, 0.1) is 17.9 Å². The summed E-state index contributed by atoms with van der Waals surface area (Å²) in [5.74, 6) is -0.481. The summed E-state index contributed by atoms with van der Waals surface area (Å²) in [5.41, 5.74) is 4.73. The molecule has 0 saturated heterocycles. The van der Waals surface area contributed by atoms with Crippen LogP contribution in [0.5, 0.6) is 0 Å². The van der Waals surface area contributed by atoms with Crippen LogP contribution in [0.2, 0.25) is 0 Å². The summed E-state index contributed by atoms with van der Waals surface area (Å²) in [6.45, 7) is 3.99. The number of esters is 1. The molecule has 2 rings (SSSR count). The Morgan fingerprint density at radius 1 is 1.42 bits per heavy atom. The molecule has 1 atom stereocenters. The molecule has 0 aliphatic carbocycles. The highest BCUT2D eigenvalue weighted by Crippen LogP contribution is 2.15. The Morgan fingerprint density at radius 2 is 2.11 bits per heavy atom. The summed E-state index contributed by atoms with van der Waals surface area (Å²) in [7, 11) is 0. The monoisotopic (exact) mass is 260 g/mol. The first-order valence-corrected chi connectivity index (χ1v) is 6.25. The molecule has 1 heterocycles. The van der Waals surface area contributed by atoms with E-state index in [0.717, 1.165) is 11.3 Å². The Kier molecular flexibility index (Phi) is 3.94. The quantitative estimate of drug-likeness (QED) is 0.841. The van der Waals surface area contributed by atoms with Crippen molar-refractivity contribution < 1.29 is 14.3 Å². The van der Waals surface area contributed by atoms with E-state index in [-0.39, 0.29) is 17.8 Å². The van der Waals surface area contributed by atoms with E-state index in [1.165, 1.54) is 0 Å². The Bertz CT molecular complexity index is 520. The molecule has 1 unspecified atom stereocenters. The summed E-state index contributed by atoms with van der Waals surface area (Å²) in [5, 5.41) is 4.04. The Balaban J connectivity index is 2.15. The van der Waals surface area contributed by atoms with Crippen molar-refractivity contribution >= 4 is 17.6 Å². The molecule has 19 heavy (non-hydrogen) atoms. The van der Waals surface area contributed by atoms with Crippen molar-refractivity contribution in [2.45, 2.75) is 20.3 Å². The predicted octanol–water partition coefficient (Wildman–Crippen LogP) is 1.72. The van der Waals surface area contributed by atoms with Gasteiger partial charge in [-0.2, -0.15) is 5.10 Å². The van der Waals surface area contributed by atoms with Gasteiger partial charge in [-0.1, -0.05) is 19.1 Å². The summed E-state index contributed by atoms with van der Waals surface area (Å²) in [6.07, 6.45) is 0.602. The Morgan fingerprint density at radius 3 is 2.68 bits per heavy atom. The van der Waals surface area contributed by atoms with Gasteiger partial charge in [0.15, 0.2) is 0 Å². The highest BCUT2D eigenvalue weighted by Gasteiger charge is 2.21. The van der Waals surface area contributed by atoms with Crippen molar-refractivity contribution in [1.29, 1.82) is 0 Å². The van der Waals surface area contributed by atoms with Gasteiger partial charge in [-0.05, 0) is 24.6 Å². The lowest BCUT2D eigenvalue weighted by Crippen LogP contribution is -2.33. The maximum absolute atomic E-state index is 11.5. The number of nitrogens with one attached hydrogen (secondary N) is 1. The van der Waals surface area contributed by atoms with Crippen LogP contribution in [-0.2, 0) is 9.53 Å². The Hall–Kier alpha value is -2.17. The van der Waals surface area contributed by atoms with Gasteiger partial charge in [0.25, 0.3) is 0 Å². The smallest absolute Gasteiger partial charge is 0.338 e. The fourth-order valence-corrected chi connectivity index (χ4v) is 1.86. The highest BCUT2D eigenvalue weighted by molar-refractivity contribution is 6.05. The highest BCUT2D eigenvalue weighted by atomic mass is 16.5. The molecule has 0 bridgehead atoms. The van der Waals surface area contributed by atoms with Gasteiger partial charge in [-0.3, -0.25) is 4.79 Å². The number of benzene rings is 1. The molecule has 0 spiro atoms. The number of amides is 1. The molecule has 5 heteroatoms. The van der Waals surface area contributed by atoms with Crippen molar-refractivity contribution in [2.24, 2.45) is 11.0 Å². The van der Waals surface area contributed by atoms with Crippen LogP contribution in [0.4, 0.5) is 0 Å². The molecule has 0 saturated carbocycles. The minimum absolute atomic E-state index is 0.0631. The number of carbonyl (C=O) groups excluding carboxylic acids is 2. The minimum atomic E-state index is -0.332. The number of hydrogen-bond donors (Lipinski definition) is 1. The van der Waals surface area contributed by atoms with Gasteiger partial charge < -0.3 is 4.74 Å². The first-order valence-electron chi connectivity index (χ1n) is 6.25. The fraction of sp³-hybridized carbons (Fsp3) is 0.357. The van der Waals surface area contributed by atoms with Crippen LogP contribution < -0.4 is 5.43 Å². The van der Waals surface area contributed by atoms with Crippen LogP contribution >= 0.6 is 0 Å². The van der Waals surface area contributed by atoms with Crippen LogP contribution in [0.15, 0.2) is 29.4 Å². The van der Waals surface area contributed by atoms with Gasteiger partial charge in [-0.15, -0.1) is 0 Å². The average Bonchev–Trinajstić information content (AvgIpc) is 2.42. The van der Waals surface area contributed by atoms with E-state index in [4.69, 9.17) is 4.74 Å². The predicted molar refractivity (Wildman–Crippen MR) is 70.9 cm³/mol. The lowest BCUT2D eigenvalue weighted by atomic mass is 9.96. The molecule has 0 radical (unpaired) electrons. The maximum atomic E-state index is 11.5. The van der Waals surface area contributed by atoms with Crippen LogP contribution in [0, 0.1) is 5.92 Å². The third kappa shape index (κ3) is 2.99. The molecule has 0 aromatic heterocycles. The van der Waals surface area contributed by atoms with Crippen molar-refractivity contribution in [3.8, 4) is 0 Å². The average molecular weight is 260 g/mol. The molecule has 1 aliphatic heterocycles. The van der Waals surface area contributed by atoms with E-state index in [1.54, 1.807) is 19.1 Å². The number of rotatable bonds is 3. The van der Waals surface area contributed by atoms with Crippen LogP contribution in [0.3, 0.4) is 0 Å². The fourth-order valence-electron chi connectivity index (χ4n) is 1.86. The van der Waals surface area contributed by atoms with Gasteiger partial charge in [0.2, 0.25) is 5.91 Å². The third-order valence-electron chi connectivity index (χ3n) is 2.98. The van der Waals surface area contributed by atoms with Gasteiger partial charge >= 0.3 is 5.97 Å². The third-order valence-corrected chi connectivity index (χ3v) is 2.98. The van der Waals surface area contributed by atoms with Crippen LogP contribution in [0.25, 0.3) is 0 Å². The van der Waals surface area contributed by atoms with Gasteiger partial charge in [0, 0.05) is 12.3 Å². The molecular formula is C14H16N2O3. The first-order chi connectivity index (χ1) is 9.11. The maximum Gasteiger partial charge on any atom is 0.338 e. The van der Waals surface area contributed by atoms with E-state index in [2.05, 4.69) is 10.5 Å². The second kappa shape index (κ2) is 5.65. The van der Waals surface area contributed by atoms with Crippen molar-refractivity contribution in [2.75, 3.05) is 6.61 Å². The number of ether oxygens (including phenoxy) is 1. The lowest BCUT2D eigenvalue weighted by molar-refractivity contribution is -0.124. The zero-order valence-corrected chi connectivity index (χ0v) is 11.0. The molecule has 1 amide bonds. The molecule has 1 aromatic carbocycles. The zero-order chi connectivity index (χ0) is 13.8. The largest absolute Gasteiger partial charge is 0.462 e. The SMILES string of the molecule is CCOC(=O)c1ccc(C2=NNC(=O)C(C)C2)cc1. The van der Waals surface area contributed by atoms with E-state index < -0.39 is 0 Å². The van der Waals surface area contributed by atoms with E-state index >= 15 is 0 Å². The summed E-state index contributed by atoms with van der Waals surface area (Å²) < 4.78 is 4.92. The van der Waals surface area contributed by atoms with E-state index in [1.807, 2.05) is 19.1 Å². The second-order valence-corrected chi connectivity index (χ2v) is 4.44. The molecule has 5 nitrogen and oxygen atoms in total. The molecule has 1 aromatic rings. The van der Waals surface area contributed by atoms with Gasteiger partial charge in [-0.25, -0.2) is 10.2 Å². The van der Waals surface area contributed by atoms with Crippen LogP contribution in [0.1, 0.15) is 36.2 Å². The van der Waals surface area contributed by atoms with Crippen molar-refractivity contribution in [1.82, 2.24) is 5.43 Å². The standard InChI is InChI=1S/C14H16N2O3/c1-3-19-14(18)11-6-4-10(5-7-11)12-8-9(2)13(17)16-15-12/h4-7,9H,3,8H2,1-2H3,(H,16,17). The zero-order valence-electron chi connectivity index (χ0n) is 11.0. The number of hydrazone groups is 1. The molecular weight excluding hydrogens is 244 g/mol. The normalized spacial score (nSPS) is 18.5. The second-order valence-electron chi connectivity index (χ2n) is 4.44. The Labute approximate surface area is 111 Å². The topological polar surface area (TPSA) is 67.8 Å². The van der Waals surface area contributed by atoms with Crippen molar-refractivity contribution in [3.63, 3.8) is 0 Å².